The quantitative estimate of drug-likeness (QED) is 0.192. The molecular formula is C42H28N2O. The van der Waals surface area contributed by atoms with Gasteiger partial charge in [-0.25, -0.2) is 4.79 Å². The molecule has 3 nitrogen and oxygen atoms in total. The maximum atomic E-state index is 13.5. The molecule has 0 aliphatic carbocycles. The van der Waals surface area contributed by atoms with Gasteiger partial charge in [0.25, 0.3) is 0 Å². The van der Waals surface area contributed by atoms with Gasteiger partial charge < -0.3 is 0 Å². The van der Waals surface area contributed by atoms with Gasteiger partial charge in [0.2, 0.25) is 0 Å². The number of hydrogen-bond acceptors (Lipinski definition) is 1. The van der Waals surface area contributed by atoms with Crippen molar-refractivity contribution in [3.63, 3.8) is 0 Å². The molecule has 0 radical (unpaired) electrons. The number of aromatic nitrogens is 2. The second-order valence-electron chi connectivity index (χ2n) is 11.8. The lowest BCUT2D eigenvalue weighted by molar-refractivity contribution is 0.838. The van der Waals surface area contributed by atoms with Crippen LogP contribution in [-0.2, 0) is 7.05 Å². The first kappa shape index (κ1) is 25.6. The molecule has 7 aromatic carbocycles. The Kier molecular flexibility index (Phi) is 5.56. The average Bonchev–Trinajstić information content (AvgIpc) is 3.49. The summed E-state index contributed by atoms with van der Waals surface area (Å²) in [6, 6.07) is 53.8. The van der Waals surface area contributed by atoms with Crippen molar-refractivity contribution in [2.75, 3.05) is 0 Å². The predicted octanol–water partition coefficient (Wildman–Crippen LogP) is 10.3. The maximum absolute atomic E-state index is 13.5. The van der Waals surface area contributed by atoms with Crippen LogP contribution in [-0.4, -0.2) is 8.97 Å². The molecule has 2 aromatic heterocycles. The van der Waals surface area contributed by atoms with Crippen LogP contribution in [0.5, 0.6) is 0 Å². The summed E-state index contributed by atoms with van der Waals surface area (Å²) in [7, 11) is 1.85. The maximum Gasteiger partial charge on any atom is 0.333 e. The zero-order valence-electron chi connectivity index (χ0n) is 24.7. The molecule has 0 bridgehead atoms. The molecule has 45 heavy (non-hydrogen) atoms. The third kappa shape index (κ3) is 3.81. The lowest BCUT2D eigenvalue weighted by atomic mass is 9.85. The second-order valence-corrected chi connectivity index (χ2v) is 11.8. The van der Waals surface area contributed by atoms with Gasteiger partial charge in [-0.2, -0.15) is 0 Å². The monoisotopic (exact) mass is 576 g/mol. The Balaban J connectivity index is 1.30. The third-order valence-corrected chi connectivity index (χ3v) is 9.32. The van der Waals surface area contributed by atoms with Gasteiger partial charge in [0.15, 0.2) is 0 Å². The summed E-state index contributed by atoms with van der Waals surface area (Å²) in [5.41, 5.74) is 9.97. The first-order valence-corrected chi connectivity index (χ1v) is 15.3. The van der Waals surface area contributed by atoms with Gasteiger partial charge in [-0.05, 0) is 79.2 Å². The van der Waals surface area contributed by atoms with Crippen LogP contribution in [0.1, 0.15) is 0 Å². The lowest BCUT2D eigenvalue weighted by Gasteiger charge is -2.18. The standard InChI is InChI=1S/C42H28N2O/c1-43-38-18-10-9-17-36(38)39-26-31-25-30(23-24-37(31)44(39)42(43)45)41-34-15-7-5-13-32(34)40(33-14-6-8-16-35(33)41)29-21-19-28(20-22-29)27-11-3-2-4-12-27/h2-26H,1H3. The molecule has 0 saturated carbocycles. The summed E-state index contributed by atoms with van der Waals surface area (Å²) >= 11 is 0. The van der Waals surface area contributed by atoms with Crippen molar-refractivity contribution < 1.29 is 0 Å². The number of para-hydroxylation sites is 1. The highest BCUT2D eigenvalue weighted by Gasteiger charge is 2.18. The van der Waals surface area contributed by atoms with E-state index in [1.165, 1.54) is 49.4 Å². The SMILES string of the molecule is Cn1c(=O)n2c3ccc(-c4c5ccccc5c(-c5ccc(-c6ccccc6)cc5)c5ccccc45)cc3cc2c2ccccc21. The molecule has 0 aliphatic rings. The van der Waals surface area contributed by atoms with Gasteiger partial charge in [-0.3, -0.25) is 8.97 Å². The lowest BCUT2D eigenvalue weighted by Crippen LogP contribution is -2.24. The molecule has 0 amide bonds. The third-order valence-electron chi connectivity index (χ3n) is 9.32. The molecule has 0 aliphatic heterocycles. The molecule has 0 unspecified atom stereocenters. The molecule has 0 saturated heterocycles. The van der Waals surface area contributed by atoms with Crippen LogP contribution in [0.3, 0.4) is 0 Å². The van der Waals surface area contributed by atoms with Gasteiger partial charge >= 0.3 is 5.69 Å². The number of benzene rings is 7. The molecule has 0 fully saturated rings. The smallest absolute Gasteiger partial charge is 0.296 e. The summed E-state index contributed by atoms with van der Waals surface area (Å²) in [6.07, 6.45) is 0. The number of nitrogens with zero attached hydrogens (tertiary/aromatic N) is 2. The van der Waals surface area contributed by atoms with Gasteiger partial charge in [-0.1, -0.05) is 127 Å². The highest BCUT2D eigenvalue weighted by atomic mass is 16.1. The van der Waals surface area contributed by atoms with Gasteiger partial charge in [-0.15, -0.1) is 0 Å². The fourth-order valence-electron chi connectivity index (χ4n) is 7.22. The first-order chi connectivity index (χ1) is 22.2. The number of rotatable bonds is 3. The molecule has 0 spiro atoms. The van der Waals surface area contributed by atoms with E-state index in [0.717, 1.165) is 32.9 Å². The average molecular weight is 577 g/mol. The minimum Gasteiger partial charge on any atom is -0.296 e. The molecule has 2 heterocycles. The Morgan fingerprint density at radius 3 is 1.53 bits per heavy atom. The van der Waals surface area contributed by atoms with E-state index in [9.17, 15) is 4.79 Å². The van der Waals surface area contributed by atoms with E-state index in [-0.39, 0.29) is 5.69 Å². The molecule has 3 heteroatoms. The van der Waals surface area contributed by atoms with Crippen LogP contribution in [0.25, 0.3) is 82.2 Å². The van der Waals surface area contributed by atoms with E-state index in [4.69, 9.17) is 0 Å². The van der Waals surface area contributed by atoms with Crippen LogP contribution >= 0.6 is 0 Å². The first-order valence-electron chi connectivity index (χ1n) is 15.3. The van der Waals surface area contributed by atoms with Crippen molar-refractivity contribution in [2.24, 2.45) is 7.05 Å². The molecular weight excluding hydrogens is 548 g/mol. The van der Waals surface area contributed by atoms with Crippen molar-refractivity contribution >= 4 is 48.9 Å². The molecule has 9 rings (SSSR count). The van der Waals surface area contributed by atoms with Crippen molar-refractivity contribution in [1.29, 1.82) is 0 Å². The van der Waals surface area contributed by atoms with E-state index in [1.807, 2.05) is 29.6 Å². The largest absolute Gasteiger partial charge is 0.333 e. The summed E-state index contributed by atoms with van der Waals surface area (Å²) in [4.78, 5) is 13.5. The van der Waals surface area contributed by atoms with E-state index >= 15 is 0 Å². The van der Waals surface area contributed by atoms with Crippen molar-refractivity contribution in [2.45, 2.75) is 0 Å². The Bertz CT molecular complexity index is 2600. The Labute approximate surface area is 259 Å². The highest BCUT2D eigenvalue weighted by Crippen LogP contribution is 2.44. The number of fused-ring (bicyclic) bond motifs is 7. The molecule has 9 aromatic rings. The minimum atomic E-state index is -0.0371. The van der Waals surface area contributed by atoms with Crippen molar-refractivity contribution in [3.8, 4) is 33.4 Å². The van der Waals surface area contributed by atoms with E-state index in [1.54, 1.807) is 4.57 Å². The Hall–Kier alpha value is -5.93. The second kappa shape index (κ2) is 9.80. The zero-order chi connectivity index (χ0) is 30.1. The van der Waals surface area contributed by atoms with Crippen molar-refractivity contribution in [3.05, 3.63) is 162 Å². The topological polar surface area (TPSA) is 26.4 Å². The van der Waals surface area contributed by atoms with Crippen LogP contribution in [0.2, 0.25) is 0 Å². The normalized spacial score (nSPS) is 11.8. The highest BCUT2D eigenvalue weighted by molar-refractivity contribution is 6.21. The van der Waals surface area contributed by atoms with E-state index < -0.39 is 0 Å². The summed E-state index contributed by atoms with van der Waals surface area (Å²) in [5.74, 6) is 0. The fourth-order valence-corrected chi connectivity index (χ4v) is 7.22. The van der Waals surface area contributed by atoms with Gasteiger partial charge in [0.05, 0.1) is 16.6 Å². The minimum absolute atomic E-state index is 0.0371. The predicted molar refractivity (Wildman–Crippen MR) is 189 cm³/mol. The fraction of sp³-hybridized carbons (Fsp3) is 0.0238. The summed E-state index contributed by atoms with van der Waals surface area (Å²) < 4.78 is 3.58. The molecule has 212 valence electrons. The summed E-state index contributed by atoms with van der Waals surface area (Å²) in [5, 5.41) is 6.98. The van der Waals surface area contributed by atoms with Crippen LogP contribution in [0, 0.1) is 0 Å². The Morgan fingerprint density at radius 2 is 0.889 bits per heavy atom. The zero-order valence-corrected chi connectivity index (χ0v) is 24.7. The van der Waals surface area contributed by atoms with Crippen LogP contribution < -0.4 is 5.69 Å². The van der Waals surface area contributed by atoms with Crippen molar-refractivity contribution in [1.82, 2.24) is 8.97 Å². The van der Waals surface area contributed by atoms with Crippen LogP contribution in [0.15, 0.2) is 156 Å². The van der Waals surface area contributed by atoms with Gasteiger partial charge in [0, 0.05) is 17.8 Å². The number of hydrogen-bond donors (Lipinski definition) is 0. The summed E-state index contributed by atoms with van der Waals surface area (Å²) in [6.45, 7) is 0. The molecule has 0 atom stereocenters. The van der Waals surface area contributed by atoms with E-state index in [2.05, 4.69) is 133 Å². The van der Waals surface area contributed by atoms with Gasteiger partial charge in [0.1, 0.15) is 0 Å². The van der Waals surface area contributed by atoms with E-state index in [0.29, 0.717) is 0 Å². The van der Waals surface area contributed by atoms with Crippen LogP contribution in [0.4, 0.5) is 0 Å². The number of aryl methyl sites for hydroxylation is 1. The molecule has 0 N–H and O–H groups in total. The Morgan fingerprint density at radius 1 is 0.400 bits per heavy atom.